The van der Waals surface area contributed by atoms with Crippen LogP contribution in [-0.4, -0.2) is 29.5 Å². The average Bonchev–Trinajstić information content (AvgIpc) is 2.66. The van der Waals surface area contributed by atoms with Crippen LogP contribution in [0.5, 0.6) is 0 Å². The van der Waals surface area contributed by atoms with Gasteiger partial charge in [-0.25, -0.2) is 4.99 Å². The summed E-state index contributed by atoms with van der Waals surface area (Å²) in [5.74, 6) is -0.455. The number of amidine groups is 1. The first kappa shape index (κ1) is 10.7. The second-order valence-corrected chi connectivity index (χ2v) is 4.25. The van der Waals surface area contributed by atoms with Gasteiger partial charge >= 0.3 is 0 Å². The fourth-order valence-corrected chi connectivity index (χ4v) is 2.17. The van der Waals surface area contributed by atoms with Crippen molar-refractivity contribution in [3.05, 3.63) is 47.7 Å². The van der Waals surface area contributed by atoms with Crippen LogP contribution in [0.2, 0.25) is 0 Å². The van der Waals surface area contributed by atoms with Gasteiger partial charge in [0, 0.05) is 12.6 Å². The summed E-state index contributed by atoms with van der Waals surface area (Å²) in [6.45, 7) is 0. The molecule has 0 saturated carbocycles. The number of benzene rings is 1. The van der Waals surface area contributed by atoms with E-state index < -0.39 is 5.92 Å². The minimum atomic E-state index is -0.512. The predicted molar refractivity (Wildman–Crippen MR) is 68.9 cm³/mol. The van der Waals surface area contributed by atoms with Crippen LogP contribution in [0.25, 0.3) is 0 Å². The molecule has 1 atom stereocenters. The molecule has 2 aliphatic heterocycles. The lowest BCUT2D eigenvalue weighted by Crippen LogP contribution is -2.31. The topological polar surface area (TPSA) is 71.0 Å². The van der Waals surface area contributed by atoms with Crippen molar-refractivity contribution >= 4 is 17.5 Å². The molecule has 0 spiro atoms. The number of fused-ring (bicyclic) bond motifs is 1. The van der Waals surface area contributed by atoms with Gasteiger partial charge in [-0.3, -0.25) is 9.80 Å². The zero-order valence-electron chi connectivity index (χ0n) is 9.87. The molecule has 2 heterocycles. The maximum Gasteiger partial charge on any atom is 0.263 e. The number of hydrogen-bond donors (Lipinski definition) is 1. The molecule has 5 nitrogen and oxygen atoms in total. The maximum atomic E-state index is 12.0. The first-order chi connectivity index (χ1) is 8.66. The van der Waals surface area contributed by atoms with Crippen LogP contribution in [0.1, 0.15) is 5.56 Å². The molecule has 1 unspecified atom stereocenters. The number of dihydropyridines is 1. The van der Waals surface area contributed by atoms with Gasteiger partial charge in [0.05, 0.1) is 11.4 Å². The van der Waals surface area contributed by atoms with E-state index in [1.165, 1.54) is 0 Å². The second-order valence-electron chi connectivity index (χ2n) is 4.25. The number of aliphatic imine (C=N–C) groups is 1. The van der Waals surface area contributed by atoms with Gasteiger partial charge in [0.1, 0.15) is 11.8 Å². The molecule has 3 rings (SSSR count). The van der Waals surface area contributed by atoms with Crippen LogP contribution in [0.4, 0.5) is 0 Å². The second kappa shape index (κ2) is 3.80. The largest absolute Gasteiger partial charge is 0.385 e. The molecular formula is C13H12N4O. The summed E-state index contributed by atoms with van der Waals surface area (Å²) in [5, 5.41) is 5.71. The lowest BCUT2D eigenvalue weighted by molar-refractivity contribution is -0.119. The van der Waals surface area contributed by atoms with E-state index in [1.807, 2.05) is 36.4 Å². The first-order valence-electron chi connectivity index (χ1n) is 5.64. The number of hydrazone groups is 1. The van der Waals surface area contributed by atoms with Crippen LogP contribution < -0.4 is 5.73 Å². The summed E-state index contributed by atoms with van der Waals surface area (Å²) in [5.41, 5.74) is 8.08. The molecule has 2 aliphatic rings. The fourth-order valence-electron chi connectivity index (χ4n) is 2.17. The predicted octanol–water partition coefficient (Wildman–Crippen LogP) is 0.734. The van der Waals surface area contributed by atoms with E-state index >= 15 is 0 Å². The zero-order valence-corrected chi connectivity index (χ0v) is 9.87. The quantitative estimate of drug-likeness (QED) is 0.786. The van der Waals surface area contributed by atoms with Gasteiger partial charge in [0.2, 0.25) is 0 Å². The van der Waals surface area contributed by atoms with Crippen molar-refractivity contribution in [2.75, 3.05) is 7.05 Å². The molecular weight excluding hydrogens is 228 g/mol. The molecule has 0 aromatic heterocycles. The molecule has 0 bridgehead atoms. The Morgan fingerprint density at radius 2 is 2.00 bits per heavy atom. The number of amides is 1. The minimum Gasteiger partial charge on any atom is -0.385 e. The van der Waals surface area contributed by atoms with E-state index in [1.54, 1.807) is 12.1 Å². The van der Waals surface area contributed by atoms with Gasteiger partial charge in [-0.1, -0.05) is 30.3 Å². The number of hydrogen-bond acceptors (Lipinski definition) is 4. The minimum absolute atomic E-state index is 0.253. The molecule has 1 amide bonds. The monoisotopic (exact) mass is 240 g/mol. The van der Waals surface area contributed by atoms with Gasteiger partial charge in [0.15, 0.2) is 0 Å². The molecule has 0 saturated heterocycles. The summed E-state index contributed by atoms with van der Waals surface area (Å²) >= 11 is 0. The van der Waals surface area contributed by atoms with Crippen molar-refractivity contribution in [2.45, 2.75) is 0 Å². The summed E-state index contributed by atoms with van der Waals surface area (Å²) < 4.78 is 0. The molecule has 0 radical (unpaired) electrons. The number of nitrogens with two attached hydrogens (primary N) is 1. The number of carbonyl (C=O) groups is 1. The lowest BCUT2D eigenvalue weighted by atomic mass is 9.97. The van der Waals surface area contributed by atoms with Crippen LogP contribution in [0.15, 0.2) is 52.2 Å². The van der Waals surface area contributed by atoms with Crippen molar-refractivity contribution in [3.8, 4) is 0 Å². The van der Waals surface area contributed by atoms with E-state index in [0.717, 1.165) is 11.3 Å². The Balaban J connectivity index is 2.05. The molecule has 90 valence electrons. The Labute approximate surface area is 104 Å². The van der Waals surface area contributed by atoms with Crippen molar-refractivity contribution in [3.63, 3.8) is 0 Å². The van der Waals surface area contributed by atoms with Crippen LogP contribution in [-0.2, 0) is 4.79 Å². The molecule has 18 heavy (non-hydrogen) atoms. The van der Waals surface area contributed by atoms with E-state index in [-0.39, 0.29) is 5.91 Å². The van der Waals surface area contributed by atoms with E-state index in [0.29, 0.717) is 11.5 Å². The third kappa shape index (κ3) is 1.52. The van der Waals surface area contributed by atoms with Gasteiger partial charge < -0.3 is 5.73 Å². The fraction of sp³-hybridized carbons (Fsp3) is 0.154. The van der Waals surface area contributed by atoms with E-state index in [9.17, 15) is 4.79 Å². The Kier molecular flexibility index (Phi) is 2.26. The molecule has 1 aromatic carbocycles. The highest BCUT2D eigenvalue weighted by Crippen LogP contribution is 2.27. The van der Waals surface area contributed by atoms with Crippen molar-refractivity contribution in [2.24, 2.45) is 21.7 Å². The first-order valence-corrected chi connectivity index (χ1v) is 5.64. The highest BCUT2D eigenvalue weighted by Gasteiger charge is 2.37. The SMILES string of the molecule is CN1N=C(N)C2C(=O)N=C(c3ccccc3)C=C21. The third-order valence-corrected chi connectivity index (χ3v) is 3.06. The molecule has 0 fully saturated rings. The lowest BCUT2D eigenvalue weighted by Gasteiger charge is -2.18. The molecule has 1 aromatic rings. The number of nitrogens with zero attached hydrogens (tertiary/aromatic N) is 3. The summed E-state index contributed by atoms with van der Waals surface area (Å²) in [7, 11) is 1.78. The Morgan fingerprint density at radius 1 is 1.28 bits per heavy atom. The standard InChI is InChI=1S/C13H12N4O/c1-17-10-7-9(8-5-3-2-4-6-8)15-13(18)11(10)12(14)16-17/h2-7,11H,1H3,(H2,14,16). The van der Waals surface area contributed by atoms with Gasteiger partial charge in [-0.15, -0.1) is 0 Å². The van der Waals surface area contributed by atoms with E-state index in [4.69, 9.17) is 5.73 Å². The number of rotatable bonds is 1. The van der Waals surface area contributed by atoms with Crippen molar-refractivity contribution < 1.29 is 4.79 Å². The maximum absolute atomic E-state index is 12.0. The highest BCUT2D eigenvalue weighted by molar-refractivity contribution is 6.20. The summed E-state index contributed by atoms with van der Waals surface area (Å²) in [6.07, 6.45) is 1.87. The summed E-state index contributed by atoms with van der Waals surface area (Å²) in [4.78, 5) is 16.1. The number of carbonyl (C=O) groups excluding carboxylic acids is 1. The van der Waals surface area contributed by atoms with Gasteiger partial charge in [-0.05, 0) is 6.08 Å². The Hall–Kier alpha value is -2.43. The zero-order chi connectivity index (χ0) is 12.7. The third-order valence-electron chi connectivity index (χ3n) is 3.06. The Morgan fingerprint density at radius 3 is 2.72 bits per heavy atom. The molecule has 5 heteroatoms. The Bertz CT molecular complexity index is 601. The molecule has 2 N–H and O–H groups in total. The normalized spacial score (nSPS) is 22.3. The van der Waals surface area contributed by atoms with Crippen LogP contribution in [0.3, 0.4) is 0 Å². The van der Waals surface area contributed by atoms with Gasteiger partial charge in [-0.2, -0.15) is 5.10 Å². The smallest absolute Gasteiger partial charge is 0.263 e. The van der Waals surface area contributed by atoms with Crippen molar-refractivity contribution in [1.82, 2.24) is 5.01 Å². The van der Waals surface area contributed by atoms with E-state index in [2.05, 4.69) is 10.1 Å². The van der Waals surface area contributed by atoms with Gasteiger partial charge in [0.25, 0.3) is 5.91 Å². The van der Waals surface area contributed by atoms with Crippen LogP contribution >= 0.6 is 0 Å². The highest BCUT2D eigenvalue weighted by atomic mass is 16.1. The molecule has 0 aliphatic carbocycles. The number of allylic oxidation sites excluding steroid dienone is 1. The average molecular weight is 240 g/mol. The summed E-state index contributed by atoms with van der Waals surface area (Å²) in [6, 6.07) is 9.59. The van der Waals surface area contributed by atoms with Crippen LogP contribution in [0, 0.1) is 5.92 Å². The van der Waals surface area contributed by atoms with Crippen molar-refractivity contribution in [1.29, 1.82) is 0 Å².